The summed E-state index contributed by atoms with van der Waals surface area (Å²) >= 11 is 0. The van der Waals surface area contributed by atoms with E-state index < -0.39 is 0 Å². The first-order valence-electron chi connectivity index (χ1n) is 10.7. The average Bonchev–Trinajstić information content (AvgIpc) is 2.75. The largest absolute Gasteiger partial charge is 0.494 e. The van der Waals surface area contributed by atoms with Crippen LogP contribution < -0.4 is 15.4 Å². The molecule has 2 N–H and O–H groups in total. The third-order valence-electron chi connectivity index (χ3n) is 5.16. The number of benzene rings is 2. The number of hydrogen-bond acceptors (Lipinski definition) is 3. The molecule has 1 aliphatic heterocycles. The van der Waals surface area contributed by atoms with Crippen molar-refractivity contribution >= 4 is 17.6 Å². The lowest BCUT2D eigenvalue weighted by Gasteiger charge is -2.33. The van der Waals surface area contributed by atoms with E-state index >= 15 is 0 Å². The second-order valence-electron chi connectivity index (χ2n) is 7.93. The van der Waals surface area contributed by atoms with Crippen LogP contribution in [0.2, 0.25) is 0 Å². The van der Waals surface area contributed by atoms with Crippen LogP contribution in [0.15, 0.2) is 48.5 Å². The molecule has 6 heteroatoms. The van der Waals surface area contributed by atoms with Crippen molar-refractivity contribution in [3.63, 3.8) is 0 Å². The molecule has 2 aromatic carbocycles. The number of hydrogen-bond donors (Lipinski definition) is 2. The number of rotatable bonds is 6. The number of amides is 3. The van der Waals surface area contributed by atoms with Gasteiger partial charge >= 0.3 is 6.03 Å². The Bertz CT molecular complexity index is 864. The molecule has 0 unspecified atom stereocenters. The molecule has 0 aromatic heterocycles. The predicted molar refractivity (Wildman–Crippen MR) is 119 cm³/mol. The van der Waals surface area contributed by atoms with Crippen LogP contribution in [0.5, 0.6) is 5.75 Å². The smallest absolute Gasteiger partial charge is 0.317 e. The summed E-state index contributed by atoms with van der Waals surface area (Å²) in [5, 5.41) is 5.90. The molecule has 0 spiro atoms. The number of urea groups is 1. The second-order valence-corrected chi connectivity index (χ2v) is 7.93. The van der Waals surface area contributed by atoms with Gasteiger partial charge < -0.3 is 20.3 Å². The van der Waals surface area contributed by atoms with Gasteiger partial charge in [0.2, 0.25) is 0 Å². The highest BCUT2D eigenvalue weighted by Crippen LogP contribution is 2.28. The fourth-order valence-electron chi connectivity index (χ4n) is 3.71. The summed E-state index contributed by atoms with van der Waals surface area (Å²) < 4.78 is 5.43. The molecule has 1 fully saturated rings. The van der Waals surface area contributed by atoms with Gasteiger partial charge in [0.1, 0.15) is 5.75 Å². The molecule has 1 saturated heterocycles. The summed E-state index contributed by atoms with van der Waals surface area (Å²) in [7, 11) is 0. The normalized spacial score (nSPS) is 16.3. The first kappa shape index (κ1) is 21.7. The molecule has 0 radical (unpaired) electrons. The Kier molecular flexibility index (Phi) is 7.33. The number of carbonyl (C=O) groups excluding carboxylic acids is 2. The lowest BCUT2D eigenvalue weighted by atomic mass is 9.89. The lowest BCUT2D eigenvalue weighted by molar-refractivity contribution is 0.102. The standard InChI is InChI=1S/C24H31N3O3/c1-4-30-22-12-10-21(11-13-22)26-23(28)19-8-5-7-18(15-19)20-9-6-14-27(16-20)24(29)25-17(2)3/h5,7-8,10-13,15,17,20H,4,6,9,14,16H2,1-3H3,(H,25,29)(H,26,28)/t20-/m0/s1. The van der Waals surface area contributed by atoms with E-state index in [1.165, 1.54) is 0 Å². The van der Waals surface area contributed by atoms with Gasteiger partial charge in [-0.1, -0.05) is 12.1 Å². The average molecular weight is 410 g/mol. The summed E-state index contributed by atoms with van der Waals surface area (Å²) in [6.45, 7) is 7.91. The molecular formula is C24H31N3O3. The van der Waals surface area contributed by atoms with Gasteiger partial charge in [0.25, 0.3) is 5.91 Å². The van der Waals surface area contributed by atoms with Gasteiger partial charge in [-0.15, -0.1) is 0 Å². The zero-order valence-electron chi connectivity index (χ0n) is 18.0. The third-order valence-corrected chi connectivity index (χ3v) is 5.16. The van der Waals surface area contributed by atoms with Crippen LogP contribution >= 0.6 is 0 Å². The second kappa shape index (κ2) is 10.1. The fraction of sp³-hybridized carbons (Fsp3) is 0.417. The molecule has 3 amide bonds. The van der Waals surface area contributed by atoms with Crippen molar-refractivity contribution in [1.29, 1.82) is 0 Å². The van der Waals surface area contributed by atoms with E-state index in [9.17, 15) is 9.59 Å². The summed E-state index contributed by atoms with van der Waals surface area (Å²) in [4.78, 5) is 27.0. The van der Waals surface area contributed by atoms with Gasteiger partial charge in [-0.25, -0.2) is 4.79 Å². The fourth-order valence-corrected chi connectivity index (χ4v) is 3.71. The summed E-state index contributed by atoms with van der Waals surface area (Å²) in [6.07, 6.45) is 1.97. The maximum atomic E-state index is 12.7. The van der Waals surface area contributed by atoms with Gasteiger partial charge in [-0.2, -0.15) is 0 Å². The van der Waals surface area contributed by atoms with E-state index in [-0.39, 0.29) is 23.9 Å². The molecule has 3 rings (SSSR count). The van der Waals surface area contributed by atoms with Gasteiger partial charge in [-0.05, 0) is 75.6 Å². The van der Waals surface area contributed by atoms with Crippen LogP contribution in [-0.4, -0.2) is 42.6 Å². The van der Waals surface area contributed by atoms with Crippen molar-refractivity contribution in [2.45, 2.75) is 45.6 Å². The summed E-state index contributed by atoms with van der Waals surface area (Å²) in [5.41, 5.74) is 2.43. The Morgan fingerprint density at radius 2 is 1.93 bits per heavy atom. The number of ether oxygens (including phenoxy) is 1. The Balaban J connectivity index is 1.66. The molecular weight excluding hydrogens is 378 g/mol. The van der Waals surface area contributed by atoms with E-state index in [1.54, 1.807) is 0 Å². The van der Waals surface area contributed by atoms with Crippen molar-refractivity contribution in [2.24, 2.45) is 0 Å². The number of carbonyl (C=O) groups is 2. The minimum Gasteiger partial charge on any atom is -0.494 e. The van der Waals surface area contributed by atoms with Gasteiger partial charge in [-0.3, -0.25) is 4.79 Å². The van der Waals surface area contributed by atoms with Crippen LogP contribution in [-0.2, 0) is 0 Å². The molecule has 0 aliphatic carbocycles. The van der Waals surface area contributed by atoms with Crippen molar-refractivity contribution in [2.75, 3.05) is 25.0 Å². The topological polar surface area (TPSA) is 70.7 Å². The highest BCUT2D eigenvalue weighted by atomic mass is 16.5. The molecule has 6 nitrogen and oxygen atoms in total. The van der Waals surface area contributed by atoms with Crippen LogP contribution in [0.3, 0.4) is 0 Å². The third kappa shape index (κ3) is 5.75. The molecule has 2 aromatic rings. The summed E-state index contributed by atoms with van der Waals surface area (Å²) in [5.74, 6) is 0.863. The van der Waals surface area contributed by atoms with Crippen molar-refractivity contribution in [3.8, 4) is 5.75 Å². The molecule has 0 saturated carbocycles. The zero-order valence-corrected chi connectivity index (χ0v) is 18.0. The van der Waals surface area contributed by atoms with Crippen LogP contribution in [0, 0.1) is 0 Å². The quantitative estimate of drug-likeness (QED) is 0.730. The van der Waals surface area contributed by atoms with Crippen LogP contribution in [0.25, 0.3) is 0 Å². The first-order chi connectivity index (χ1) is 14.5. The highest BCUT2D eigenvalue weighted by Gasteiger charge is 2.25. The zero-order chi connectivity index (χ0) is 21.5. The highest BCUT2D eigenvalue weighted by molar-refractivity contribution is 6.04. The molecule has 1 aliphatic rings. The van der Waals surface area contributed by atoms with Gasteiger partial charge in [0.15, 0.2) is 0 Å². The Morgan fingerprint density at radius 1 is 1.17 bits per heavy atom. The molecule has 1 heterocycles. The first-order valence-corrected chi connectivity index (χ1v) is 10.7. The Hall–Kier alpha value is -3.02. The van der Waals surface area contributed by atoms with E-state index in [0.717, 1.165) is 36.4 Å². The van der Waals surface area contributed by atoms with E-state index in [1.807, 2.05) is 74.2 Å². The van der Waals surface area contributed by atoms with Crippen LogP contribution in [0.1, 0.15) is 55.5 Å². The van der Waals surface area contributed by atoms with E-state index in [2.05, 4.69) is 10.6 Å². The maximum Gasteiger partial charge on any atom is 0.317 e. The SMILES string of the molecule is CCOc1ccc(NC(=O)c2cccc([C@H]3CCCN(C(=O)NC(C)C)C3)c2)cc1. The minimum atomic E-state index is -0.147. The van der Waals surface area contributed by atoms with Gasteiger partial charge in [0, 0.05) is 36.3 Å². The summed E-state index contributed by atoms with van der Waals surface area (Å²) in [6, 6.07) is 15.2. The molecule has 30 heavy (non-hydrogen) atoms. The minimum absolute atomic E-state index is 0.0147. The van der Waals surface area contributed by atoms with Crippen molar-refractivity contribution in [3.05, 3.63) is 59.7 Å². The number of anilines is 1. The number of likely N-dealkylation sites (tertiary alicyclic amines) is 1. The Labute approximate surface area is 178 Å². The monoisotopic (exact) mass is 409 g/mol. The number of nitrogens with zero attached hydrogens (tertiary/aromatic N) is 1. The molecule has 0 bridgehead atoms. The lowest BCUT2D eigenvalue weighted by Crippen LogP contribution is -2.47. The van der Waals surface area contributed by atoms with Crippen LogP contribution in [0.4, 0.5) is 10.5 Å². The predicted octanol–water partition coefficient (Wildman–Crippen LogP) is 4.64. The van der Waals surface area contributed by atoms with Gasteiger partial charge in [0.05, 0.1) is 6.61 Å². The Morgan fingerprint density at radius 3 is 2.63 bits per heavy atom. The molecule has 1 atom stereocenters. The number of nitrogens with one attached hydrogen (secondary N) is 2. The van der Waals surface area contributed by atoms with Crippen molar-refractivity contribution in [1.82, 2.24) is 10.2 Å². The van der Waals surface area contributed by atoms with Crippen molar-refractivity contribution < 1.29 is 14.3 Å². The van der Waals surface area contributed by atoms with E-state index in [4.69, 9.17) is 4.74 Å². The molecule has 160 valence electrons. The number of piperidine rings is 1. The van der Waals surface area contributed by atoms with E-state index in [0.29, 0.717) is 18.7 Å². The maximum absolute atomic E-state index is 12.7.